The third kappa shape index (κ3) is 3.86. The lowest BCUT2D eigenvalue weighted by atomic mass is 10.1. The van der Waals surface area contributed by atoms with Gasteiger partial charge < -0.3 is 15.2 Å². The Hall–Kier alpha value is -2.68. The van der Waals surface area contributed by atoms with Crippen molar-refractivity contribution in [3.8, 4) is 0 Å². The number of anilines is 1. The molecule has 3 aromatic rings. The SMILES string of the molecule is Cc1[nH]c2ccc(C(=O)Nc3cccc(S(=O)(=O)N4CCN(C)CC4)c3)cc2c1C. The fourth-order valence-electron chi connectivity index (χ4n) is 3.72. The Kier molecular flexibility index (Phi) is 5.40. The zero-order valence-corrected chi connectivity index (χ0v) is 18.2. The van der Waals surface area contributed by atoms with Gasteiger partial charge in [0.05, 0.1) is 4.90 Å². The van der Waals surface area contributed by atoms with Crippen molar-refractivity contribution in [3.05, 3.63) is 59.3 Å². The van der Waals surface area contributed by atoms with Gasteiger partial charge in [0, 0.05) is 54.0 Å². The van der Waals surface area contributed by atoms with E-state index >= 15 is 0 Å². The van der Waals surface area contributed by atoms with Crippen LogP contribution in [0.25, 0.3) is 10.9 Å². The van der Waals surface area contributed by atoms with Crippen LogP contribution in [0.3, 0.4) is 0 Å². The van der Waals surface area contributed by atoms with Crippen LogP contribution in [-0.2, 0) is 10.0 Å². The number of nitrogens with one attached hydrogen (secondary N) is 2. The number of aromatic amines is 1. The van der Waals surface area contributed by atoms with Crippen LogP contribution in [0, 0.1) is 13.8 Å². The molecule has 30 heavy (non-hydrogen) atoms. The summed E-state index contributed by atoms with van der Waals surface area (Å²) in [7, 11) is -1.61. The molecular weight excluding hydrogens is 400 g/mol. The lowest BCUT2D eigenvalue weighted by Gasteiger charge is -2.31. The zero-order valence-electron chi connectivity index (χ0n) is 17.4. The molecule has 0 spiro atoms. The highest BCUT2D eigenvalue weighted by molar-refractivity contribution is 7.89. The summed E-state index contributed by atoms with van der Waals surface area (Å²) in [6.07, 6.45) is 0. The molecule has 4 rings (SSSR count). The summed E-state index contributed by atoms with van der Waals surface area (Å²) in [5.74, 6) is -0.274. The van der Waals surface area contributed by atoms with E-state index in [4.69, 9.17) is 0 Å². The van der Waals surface area contributed by atoms with Crippen molar-refractivity contribution in [2.75, 3.05) is 38.5 Å². The number of rotatable bonds is 4. The number of H-pyrrole nitrogens is 1. The number of aryl methyl sites for hydroxylation is 2. The van der Waals surface area contributed by atoms with E-state index < -0.39 is 10.0 Å². The monoisotopic (exact) mass is 426 g/mol. The van der Waals surface area contributed by atoms with Crippen molar-refractivity contribution < 1.29 is 13.2 Å². The van der Waals surface area contributed by atoms with Crippen LogP contribution in [0.4, 0.5) is 5.69 Å². The van der Waals surface area contributed by atoms with Crippen LogP contribution < -0.4 is 5.32 Å². The predicted molar refractivity (Wildman–Crippen MR) is 118 cm³/mol. The van der Waals surface area contributed by atoms with Crippen LogP contribution in [-0.4, -0.2) is 61.7 Å². The average Bonchev–Trinajstić information content (AvgIpc) is 3.02. The minimum Gasteiger partial charge on any atom is -0.358 e. The van der Waals surface area contributed by atoms with Crippen molar-refractivity contribution >= 4 is 32.5 Å². The van der Waals surface area contributed by atoms with Crippen LogP contribution in [0.1, 0.15) is 21.6 Å². The van der Waals surface area contributed by atoms with Crippen molar-refractivity contribution in [2.45, 2.75) is 18.7 Å². The molecule has 2 N–H and O–H groups in total. The van der Waals surface area contributed by atoms with Gasteiger partial charge in [0.15, 0.2) is 0 Å². The van der Waals surface area contributed by atoms with E-state index in [0.717, 1.165) is 22.2 Å². The number of carbonyl (C=O) groups is 1. The smallest absolute Gasteiger partial charge is 0.255 e. The Labute approximate surface area is 176 Å². The number of benzene rings is 2. The topological polar surface area (TPSA) is 85.5 Å². The first-order valence-electron chi connectivity index (χ1n) is 9.95. The normalized spacial score (nSPS) is 16.1. The Balaban J connectivity index is 1.56. The van der Waals surface area contributed by atoms with Crippen LogP contribution in [0.5, 0.6) is 0 Å². The largest absolute Gasteiger partial charge is 0.358 e. The molecule has 0 unspecified atom stereocenters. The number of sulfonamides is 1. The number of fused-ring (bicyclic) bond motifs is 1. The zero-order chi connectivity index (χ0) is 21.5. The van der Waals surface area contributed by atoms with Crippen molar-refractivity contribution in [1.82, 2.24) is 14.2 Å². The summed E-state index contributed by atoms with van der Waals surface area (Å²) < 4.78 is 27.5. The lowest BCUT2D eigenvalue weighted by molar-refractivity contribution is 0.102. The average molecular weight is 427 g/mol. The minimum absolute atomic E-state index is 0.192. The van der Waals surface area contributed by atoms with Crippen molar-refractivity contribution in [2.24, 2.45) is 0 Å². The maximum atomic E-state index is 13.0. The molecule has 0 bridgehead atoms. The molecular formula is C22H26N4O3S. The highest BCUT2D eigenvalue weighted by Crippen LogP contribution is 2.24. The fraction of sp³-hybridized carbons (Fsp3) is 0.318. The lowest BCUT2D eigenvalue weighted by Crippen LogP contribution is -2.47. The van der Waals surface area contributed by atoms with Gasteiger partial charge >= 0.3 is 0 Å². The van der Waals surface area contributed by atoms with E-state index in [0.29, 0.717) is 37.4 Å². The molecule has 1 fully saturated rings. The van der Waals surface area contributed by atoms with Gasteiger partial charge in [0.25, 0.3) is 5.91 Å². The van der Waals surface area contributed by atoms with Gasteiger partial charge in [-0.2, -0.15) is 4.31 Å². The summed E-state index contributed by atoms with van der Waals surface area (Å²) in [5.41, 5.74) is 4.15. The van der Waals surface area contributed by atoms with Crippen LogP contribution >= 0.6 is 0 Å². The molecule has 0 aliphatic carbocycles. The first-order chi connectivity index (χ1) is 14.3. The molecule has 0 atom stereocenters. The fourth-order valence-corrected chi connectivity index (χ4v) is 5.19. The molecule has 0 radical (unpaired) electrons. The summed E-state index contributed by atoms with van der Waals surface area (Å²) in [5, 5.41) is 3.84. The van der Waals surface area contributed by atoms with E-state index in [-0.39, 0.29) is 10.8 Å². The van der Waals surface area contributed by atoms with Crippen LogP contribution in [0.2, 0.25) is 0 Å². The van der Waals surface area contributed by atoms with E-state index in [1.165, 1.54) is 10.4 Å². The number of piperazine rings is 1. The molecule has 1 amide bonds. The van der Waals surface area contributed by atoms with Crippen molar-refractivity contribution in [1.29, 1.82) is 0 Å². The summed E-state index contributed by atoms with van der Waals surface area (Å²) >= 11 is 0. The summed E-state index contributed by atoms with van der Waals surface area (Å²) in [6, 6.07) is 12.0. The first-order valence-corrected chi connectivity index (χ1v) is 11.4. The van der Waals surface area contributed by atoms with E-state index in [2.05, 4.69) is 15.2 Å². The number of likely N-dealkylation sites (N-methyl/N-ethyl adjacent to an activating group) is 1. The van der Waals surface area contributed by atoms with E-state index in [9.17, 15) is 13.2 Å². The molecule has 1 saturated heterocycles. The van der Waals surface area contributed by atoms with Gasteiger partial charge in [-0.3, -0.25) is 4.79 Å². The molecule has 2 aromatic carbocycles. The van der Waals surface area contributed by atoms with E-state index in [1.807, 2.05) is 33.0 Å². The van der Waals surface area contributed by atoms with Gasteiger partial charge in [-0.05, 0) is 62.9 Å². The van der Waals surface area contributed by atoms with E-state index in [1.54, 1.807) is 24.3 Å². The quantitative estimate of drug-likeness (QED) is 0.672. The first kappa shape index (κ1) is 20.6. The van der Waals surface area contributed by atoms with Crippen LogP contribution in [0.15, 0.2) is 47.4 Å². The molecule has 0 saturated carbocycles. The summed E-state index contributed by atoms with van der Waals surface area (Å²) in [4.78, 5) is 18.4. The van der Waals surface area contributed by atoms with Gasteiger partial charge in [0.2, 0.25) is 10.0 Å². The second kappa shape index (κ2) is 7.86. The Morgan fingerprint density at radius 2 is 1.77 bits per heavy atom. The Morgan fingerprint density at radius 3 is 2.50 bits per heavy atom. The maximum Gasteiger partial charge on any atom is 0.255 e. The van der Waals surface area contributed by atoms with Gasteiger partial charge in [0.1, 0.15) is 0 Å². The number of carbonyl (C=O) groups excluding carboxylic acids is 1. The van der Waals surface area contributed by atoms with Crippen molar-refractivity contribution in [3.63, 3.8) is 0 Å². The van der Waals surface area contributed by atoms with Gasteiger partial charge in [-0.25, -0.2) is 8.42 Å². The Bertz CT molecular complexity index is 1210. The second-order valence-corrected chi connectivity index (χ2v) is 9.76. The summed E-state index contributed by atoms with van der Waals surface area (Å²) in [6.45, 7) is 6.35. The molecule has 8 heteroatoms. The standard InChI is InChI=1S/C22H26N4O3S/c1-15-16(2)23-21-8-7-17(13-20(15)21)22(27)24-18-5-4-6-19(14-18)30(28,29)26-11-9-25(3)10-12-26/h4-8,13-14,23H,9-12H2,1-3H3,(H,24,27). The maximum absolute atomic E-state index is 13.0. The third-order valence-corrected chi connectivity index (χ3v) is 7.66. The molecule has 2 heterocycles. The molecule has 7 nitrogen and oxygen atoms in total. The number of amides is 1. The highest BCUT2D eigenvalue weighted by Gasteiger charge is 2.27. The molecule has 1 aliphatic heterocycles. The van der Waals surface area contributed by atoms with Gasteiger partial charge in [-0.15, -0.1) is 0 Å². The number of hydrogen-bond donors (Lipinski definition) is 2. The third-order valence-electron chi connectivity index (χ3n) is 5.76. The number of nitrogens with zero attached hydrogens (tertiary/aromatic N) is 2. The number of hydrogen-bond acceptors (Lipinski definition) is 4. The second-order valence-electron chi connectivity index (χ2n) is 7.82. The highest BCUT2D eigenvalue weighted by atomic mass is 32.2. The molecule has 1 aromatic heterocycles. The molecule has 1 aliphatic rings. The molecule has 158 valence electrons. The minimum atomic E-state index is -3.59. The van der Waals surface area contributed by atoms with Gasteiger partial charge in [-0.1, -0.05) is 6.07 Å². The predicted octanol–water partition coefficient (Wildman–Crippen LogP) is 2.97. The Morgan fingerprint density at radius 1 is 1.03 bits per heavy atom. The number of aromatic nitrogens is 1.